The van der Waals surface area contributed by atoms with Crippen molar-refractivity contribution in [3.63, 3.8) is 0 Å². The molecule has 1 heterocycles. The second kappa shape index (κ2) is 6.00. The molecule has 0 spiro atoms. The summed E-state index contributed by atoms with van der Waals surface area (Å²) in [5.74, 6) is -2.58. The maximum absolute atomic E-state index is 12.9. The molecule has 6 nitrogen and oxygen atoms in total. The van der Waals surface area contributed by atoms with E-state index in [0.29, 0.717) is 0 Å². The van der Waals surface area contributed by atoms with Gasteiger partial charge >= 0.3 is 22.4 Å². The van der Waals surface area contributed by atoms with Gasteiger partial charge in [-0.15, -0.1) is 3.89 Å². The van der Waals surface area contributed by atoms with Crippen LogP contribution >= 0.6 is 0 Å². The number of amides is 1. The molecule has 1 aliphatic heterocycles. The smallest absolute Gasteiger partial charge is 0.431 e. The number of halogens is 4. The Balaban J connectivity index is 3.12. The van der Waals surface area contributed by atoms with Gasteiger partial charge in [0.05, 0.1) is 12.7 Å². The molecule has 1 unspecified atom stereocenters. The number of likely N-dealkylation sites (tertiary alicyclic amines) is 1. The minimum atomic E-state index is -5.16. The van der Waals surface area contributed by atoms with Gasteiger partial charge < -0.3 is 9.64 Å². The van der Waals surface area contributed by atoms with Crippen LogP contribution < -0.4 is 0 Å². The summed E-state index contributed by atoms with van der Waals surface area (Å²) in [4.78, 5) is 22.6. The van der Waals surface area contributed by atoms with E-state index in [2.05, 4.69) is 4.74 Å². The van der Waals surface area contributed by atoms with Gasteiger partial charge in [0, 0.05) is 13.0 Å². The summed E-state index contributed by atoms with van der Waals surface area (Å²) >= 11 is 0. The third-order valence-corrected chi connectivity index (χ3v) is 3.72. The van der Waals surface area contributed by atoms with Gasteiger partial charge in [0.25, 0.3) is 0 Å². The van der Waals surface area contributed by atoms with Crippen molar-refractivity contribution in [2.75, 3.05) is 13.2 Å². The molecule has 1 amide bonds. The molecule has 0 aliphatic carbocycles. The highest BCUT2D eigenvalue weighted by Crippen LogP contribution is 2.33. The van der Waals surface area contributed by atoms with Crippen LogP contribution in [0.1, 0.15) is 13.3 Å². The van der Waals surface area contributed by atoms with E-state index >= 15 is 0 Å². The summed E-state index contributed by atoms with van der Waals surface area (Å²) in [5, 5.41) is -1.89. The lowest BCUT2D eigenvalue weighted by atomic mass is 10.3. The minimum Gasteiger partial charge on any atom is -0.463 e. The standard InChI is InChI=1S/C10H11F4NO5S/c1-2-20-9(17)4-7(10(11,12)13)15-5-6(3-8(15)16)21(14,18)19/h4,6H,2-3,5H2,1H3. The average molecular weight is 333 g/mol. The fraction of sp³-hybridized carbons (Fsp3) is 0.600. The number of carbonyl (C=O) groups is 2. The molecule has 0 aromatic carbocycles. The zero-order valence-electron chi connectivity index (χ0n) is 10.7. The summed E-state index contributed by atoms with van der Waals surface area (Å²) in [6.07, 6.45) is -5.99. The Labute approximate surface area is 117 Å². The lowest BCUT2D eigenvalue weighted by molar-refractivity contribution is -0.142. The Kier molecular flexibility index (Phi) is 4.97. The maximum Gasteiger partial charge on any atom is 0.431 e. The van der Waals surface area contributed by atoms with Crippen LogP contribution in [-0.2, 0) is 24.5 Å². The third-order valence-electron chi connectivity index (χ3n) is 2.61. The highest BCUT2D eigenvalue weighted by Gasteiger charge is 2.47. The predicted molar refractivity (Wildman–Crippen MR) is 60.9 cm³/mol. The van der Waals surface area contributed by atoms with Gasteiger partial charge in [-0.1, -0.05) is 0 Å². The maximum atomic E-state index is 12.9. The van der Waals surface area contributed by atoms with Crippen LogP contribution in [0.3, 0.4) is 0 Å². The first-order chi connectivity index (χ1) is 9.46. The van der Waals surface area contributed by atoms with Gasteiger partial charge in [-0.25, -0.2) is 4.79 Å². The number of hydrogen-bond donors (Lipinski definition) is 0. The molecular formula is C10H11F4NO5S. The van der Waals surface area contributed by atoms with E-state index < -0.39 is 52.2 Å². The summed E-state index contributed by atoms with van der Waals surface area (Å²) in [6.45, 7) is 0.171. The van der Waals surface area contributed by atoms with E-state index in [1.54, 1.807) is 0 Å². The van der Waals surface area contributed by atoms with Crippen molar-refractivity contribution in [1.29, 1.82) is 0 Å². The summed E-state index contributed by atoms with van der Waals surface area (Å²) in [6, 6.07) is 0. The zero-order valence-corrected chi connectivity index (χ0v) is 11.5. The Morgan fingerprint density at radius 3 is 2.43 bits per heavy atom. The fourth-order valence-electron chi connectivity index (χ4n) is 1.70. The Morgan fingerprint density at radius 1 is 1.48 bits per heavy atom. The van der Waals surface area contributed by atoms with Gasteiger partial charge in [0.2, 0.25) is 5.91 Å². The van der Waals surface area contributed by atoms with Crippen LogP contribution in [-0.4, -0.2) is 49.8 Å². The third kappa shape index (κ3) is 4.41. The molecule has 0 saturated carbocycles. The molecule has 1 rings (SSSR count). The van der Waals surface area contributed by atoms with Crippen LogP contribution in [0.25, 0.3) is 0 Å². The molecule has 1 aliphatic rings. The van der Waals surface area contributed by atoms with Crippen molar-refractivity contribution in [3.8, 4) is 0 Å². The molecule has 0 aromatic heterocycles. The van der Waals surface area contributed by atoms with Crippen molar-refractivity contribution < 1.29 is 39.8 Å². The van der Waals surface area contributed by atoms with Crippen LogP contribution in [0.4, 0.5) is 17.1 Å². The molecule has 1 atom stereocenters. The normalized spacial score (nSPS) is 20.8. The van der Waals surface area contributed by atoms with Crippen molar-refractivity contribution in [1.82, 2.24) is 4.90 Å². The van der Waals surface area contributed by atoms with Gasteiger partial charge in [-0.05, 0) is 6.92 Å². The first-order valence-electron chi connectivity index (χ1n) is 5.66. The molecule has 1 fully saturated rings. The van der Waals surface area contributed by atoms with Gasteiger partial charge in [-0.3, -0.25) is 4.79 Å². The highest BCUT2D eigenvalue weighted by molar-refractivity contribution is 7.87. The van der Waals surface area contributed by atoms with Gasteiger partial charge in [0.1, 0.15) is 10.9 Å². The van der Waals surface area contributed by atoms with E-state index in [0.717, 1.165) is 0 Å². The Bertz CT molecular complexity index is 568. The molecule has 0 N–H and O–H groups in total. The average Bonchev–Trinajstić information content (AvgIpc) is 2.66. The first kappa shape index (κ1) is 17.4. The van der Waals surface area contributed by atoms with Crippen molar-refractivity contribution >= 4 is 22.1 Å². The number of ether oxygens (including phenoxy) is 1. The number of alkyl halides is 3. The van der Waals surface area contributed by atoms with E-state index in [1.807, 2.05) is 0 Å². The predicted octanol–water partition coefficient (Wildman–Crippen LogP) is 0.896. The monoisotopic (exact) mass is 333 g/mol. The molecule has 0 aromatic rings. The van der Waals surface area contributed by atoms with Crippen LogP contribution in [0, 0.1) is 0 Å². The lowest BCUT2D eigenvalue weighted by Crippen LogP contribution is -2.34. The second-order valence-electron chi connectivity index (χ2n) is 4.09. The van der Waals surface area contributed by atoms with Gasteiger partial charge in [-0.2, -0.15) is 21.6 Å². The Hall–Kier alpha value is -1.65. The molecular weight excluding hydrogens is 322 g/mol. The fourth-order valence-corrected chi connectivity index (χ4v) is 2.37. The van der Waals surface area contributed by atoms with Crippen LogP contribution in [0.5, 0.6) is 0 Å². The van der Waals surface area contributed by atoms with E-state index in [9.17, 15) is 35.1 Å². The van der Waals surface area contributed by atoms with E-state index in [-0.39, 0.29) is 17.6 Å². The largest absolute Gasteiger partial charge is 0.463 e. The number of carbonyl (C=O) groups excluding carboxylic acids is 2. The van der Waals surface area contributed by atoms with E-state index in [4.69, 9.17) is 0 Å². The quantitative estimate of drug-likeness (QED) is 0.330. The summed E-state index contributed by atoms with van der Waals surface area (Å²) < 4.78 is 77.0. The summed E-state index contributed by atoms with van der Waals surface area (Å²) in [5.41, 5.74) is -1.68. The molecule has 0 bridgehead atoms. The van der Waals surface area contributed by atoms with Crippen LogP contribution in [0.2, 0.25) is 0 Å². The molecule has 1 saturated heterocycles. The zero-order chi connectivity index (χ0) is 16.4. The lowest BCUT2D eigenvalue weighted by Gasteiger charge is -2.21. The van der Waals surface area contributed by atoms with Crippen LogP contribution in [0.15, 0.2) is 11.8 Å². The number of nitrogens with zero attached hydrogens (tertiary/aromatic N) is 1. The summed E-state index contributed by atoms with van der Waals surface area (Å²) in [7, 11) is -5.16. The second-order valence-corrected chi connectivity index (χ2v) is 5.70. The van der Waals surface area contributed by atoms with Gasteiger partial charge in [0.15, 0.2) is 0 Å². The van der Waals surface area contributed by atoms with E-state index in [1.165, 1.54) is 6.92 Å². The number of esters is 1. The topological polar surface area (TPSA) is 80.8 Å². The molecule has 120 valence electrons. The first-order valence-corrected chi connectivity index (χ1v) is 7.11. The number of allylic oxidation sites excluding steroid dienone is 1. The molecule has 21 heavy (non-hydrogen) atoms. The molecule has 0 radical (unpaired) electrons. The number of rotatable bonds is 4. The number of hydrogen-bond acceptors (Lipinski definition) is 5. The Morgan fingerprint density at radius 2 is 2.05 bits per heavy atom. The van der Waals surface area contributed by atoms with Crippen molar-refractivity contribution in [3.05, 3.63) is 11.8 Å². The van der Waals surface area contributed by atoms with Crippen molar-refractivity contribution in [2.24, 2.45) is 0 Å². The highest BCUT2D eigenvalue weighted by atomic mass is 32.3. The molecule has 11 heteroatoms. The minimum absolute atomic E-state index is 0.0265. The van der Waals surface area contributed by atoms with Crippen molar-refractivity contribution in [2.45, 2.75) is 24.8 Å². The SMILES string of the molecule is CCOC(=O)C=C(N1CC(S(=O)(=O)F)CC1=O)C(F)(F)F.